The van der Waals surface area contributed by atoms with Crippen LogP contribution in [-0.4, -0.2) is 17.3 Å². The minimum atomic E-state index is -0.688. The zero-order valence-corrected chi connectivity index (χ0v) is 9.23. The lowest BCUT2D eigenvalue weighted by Crippen LogP contribution is -2.23. The molecule has 1 N–H and O–H groups in total. The lowest BCUT2D eigenvalue weighted by molar-refractivity contribution is -0.166. The van der Waals surface area contributed by atoms with E-state index < -0.39 is 5.79 Å². The standard InChI is InChI=1S/C12H16O3/c1-8-9(2)15-12(3,14-8)10-4-6-11(13)7-5-10/h4-9,13H,1-3H3. The Morgan fingerprint density at radius 2 is 1.53 bits per heavy atom. The number of benzene rings is 1. The third-order valence-electron chi connectivity index (χ3n) is 2.87. The second-order valence-electron chi connectivity index (χ2n) is 4.14. The van der Waals surface area contributed by atoms with Gasteiger partial charge in [0.25, 0.3) is 0 Å². The first-order valence-corrected chi connectivity index (χ1v) is 5.16. The van der Waals surface area contributed by atoms with Crippen LogP contribution in [0.2, 0.25) is 0 Å². The fraction of sp³-hybridized carbons (Fsp3) is 0.500. The van der Waals surface area contributed by atoms with E-state index in [1.165, 1.54) is 0 Å². The Morgan fingerprint density at radius 3 is 2.00 bits per heavy atom. The van der Waals surface area contributed by atoms with E-state index in [1.807, 2.05) is 32.9 Å². The number of phenolic OH excluding ortho intramolecular Hbond substituents is 1. The molecule has 2 atom stereocenters. The van der Waals surface area contributed by atoms with E-state index >= 15 is 0 Å². The van der Waals surface area contributed by atoms with Crippen molar-refractivity contribution >= 4 is 0 Å². The molecule has 1 aromatic carbocycles. The second-order valence-corrected chi connectivity index (χ2v) is 4.14. The van der Waals surface area contributed by atoms with Crippen molar-refractivity contribution < 1.29 is 14.6 Å². The van der Waals surface area contributed by atoms with Gasteiger partial charge in [0, 0.05) is 5.56 Å². The zero-order chi connectivity index (χ0) is 11.1. The van der Waals surface area contributed by atoms with E-state index in [0.29, 0.717) is 0 Å². The molecule has 2 unspecified atom stereocenters. The maximum absolute atomic E-state index is 9.21. The summed E-state index contributed by atoms with van der Waals surface area (Å²) >= 11 is 0. The molecule has 3 nitrogen and oxygen atoms in total. The average Bonchev–Trinajstić information content (AvgIpc) is 2.43. The van der Waals surface area contributed by atoms with Gasteiger partial charge in [-0.1, -0.05) is 0 Å². The van der Waals surface area contributed by atoms with Gasteiger partial charge in [-0.05, 0) is 45.0 Å². The van der Waals surface area contributed by atoms with Crippen LogP contribution >= 0.6 is 0 Å². The summed E-state index contributed by atoms with van der Waals surface area (Å²) in [4.78, 5) is 0. The van der Waals surface area contributed by atoms with Gasteiger partial charge in [-0.25, -0.2) is 0 Å². The first-order chi connectivity index (χ1) is 7.01. The Kier molecular flexibility index (Phi) is 2.44. The highest BCUT2D eigenvalue weighted by Crippen LogP contribution is 2.37. The Bertz CT molecular complexity index is 334. The number of rotatable bonds is 1. The number of hydrogen-bond acceptors (Lipinski definition) is 3. The van der Waals surface area contributed by atoms with E-state index in [0.717, 1.165) is 5.56 Å². The van der Waals surface area contributed by atoms with Crippen LogP contribution in [0.3, 0.4) is 0 Å². The van der Waals surface area contributed by atoms with Gasteiger partial charge in [-0.15, -0.1) is 0 Å². The molecule has 2 rings (SSSR count). The molecule has 1 aliphatic heterocycles. The molecule has 0 aliphatic carbocycles. The van der Waals surface area contributed by atoms with Crippen molar-refractivity contribution in [1.29, 1.82) is 0 Å². The molecule has 0 aromatic heterocycles. The largest absolute Gasteiger partial charge is 0.508 e. The summed E-state index contributed by atoms with van der Waals surface area (Å²) in [5, 5.41) is 9.21. The molecule has 1 aromatic rings. The van der Waals surface area contributed by atoms with Gasteiger partial charge in [0.15, 0.2) is 5.79 Å². The maximum atomic E-state index is 9.21. The minimum absolute atomic E-state index is 0.0869. The van der Waals surface area contributed by atoms with Crippen molar-refractivity contribution in [3.8, 4) is 5.75 Å². The van der Waals surface area contributed by atoms with Crippen molar-refractivity contribution in [2.45, 2.75) is 38.8 Å². The van der Waals surface area contributed by atoms with Gasteiger partial charge in [-0.2, -0.15) is 0 Å². The maximum Gasteiger partial charge on any atom is 0.192 e. The summed E-state index contributed by atoms with van der Waals surface area (Å²) < 4.78 is 11.6. The van der Waals surface area contributed by atoms with E-state index in [9.17, 15) is 5.11 Å². The van der Waals surface area contributed by atoms with E-state index in [4.69, 9.17) is 9.47 Å². The summed E-state index contributed by atoms with van der Waals surface area (Å²) in [5.41, 5.74) is 0.927. The molecule has 0 radical (unpaired) electrons. The molecule has 1 aliphatic rings. The summed E-state index contributed by atoms with van der Waals surface area (Å²) in [7, 11) is 0. The molecule has 0 spiro atoms. The van der Waals surface area contributed by atoms with Crippen LogP contribution in [-0.2, 0) is 15.3 Å². The van der Waals surface area contributed by atoms with Gasteiger partial charge >= 0.3 is 0 Å². The lowest BCUT2D eigenvalue weighted by atomic mass is 10.1. The lowest BCUT2D eigenvalue weighted by Gasteiger charge is -2.23. The van der Waals surface area contributed by atoms with Gasteiger partial charge in [0.05, 0.1) is 12.2 Å². The summed E-state index contributed by atoms with van der Waals surface area (Å²) in [6, 6.07) is 6.92. The number of aromatic hydroxyl groups is 1. The fourth-order valence-corrected chi connectivity index (χ4v) is 1.83. The van der Waals surface area contributed by atoms with Crippen LogP contribution in [0.1, 0.15) is 26.3 Å². The molecule has 82 valence electrons. The Labute approximate surface area is 89.6 Å². The van der Waals surface area contributed by atoms with E-state index in [1.54, 1.807) is 12.1 Å². The molecule has 0 amide bonds. The molecule has 15 heavy (non-hydrogen) atoms. The number of ether oxygens (including phenoxy) is 2. The van der Waals surface area contributed by atoms with Gasteiger partial charge in [0.2, 0.25) is 0 Å². The summed E-state index contributed by atoms with van der Waals surface area (Å²) in [5.74, 6) is -0.437. The first-order valence-electron chi connectivity index (χ1n) is 5.16. The Hall–Kier alpha value is -1.06. The van der Waals surface area contributed by atoms with Crippen LogP contribution in [0, 0.1) is 0 Å². The fourth-order valence-electron chi connectivity index (χ4n) is 1.83. The van der Waals surface area contributed by atoms with Crippen molar-refractivity contribution in [1.82, 2.24) is 0 Å². The highest BCUT2D eigenvalue weighted by molar-refractivity contribution is 5.28. The minimum Gasteiger partial charge on any atom is -0.508 e. The third kappa shape index (κ3) is 1.85. The predicted octanol–water partition coefficient (Wildman–Crippen LogP) is 2.39. The van der Waals surface area contributed by atoms with Crippen LogP contribution in [0.4, 0.5) is 0 Å². The smallest absolute Gasteiger partial charge is 0.192 e. The normalized spacial score (nSPS) is 35.7. The van der Waals surface area contributed by atoms with Crippen LogP contribution in [0.25, 0.3) is 0 Å². The van der Waals surface area contributed by atoms with Crippen LogP contribution < -0.4 is 0 Å². The summed E-state index contributed by atoms with van der Waals surface area (Å²) in [6.45, 7) is 5.89. The van der Waals surface area contributed by atoms with Crippen molar-refractivity contribution in [2.24, 2.45) is 0 Å². The highest BCUT2D eigenvalue weighted by Gasteiger charge is 2.41. The summed E-state index contributed by atoms with van der Waals surface area (Å²) in [6.07, 6.45) is 0.174. The highest BCUT2D eigenvalue weighted by atomic mass is 16.8. The van der Waals surface area contributed by atoms with Crippen LogP contribution in [0.15, 0.2) is 24.3 Å². The molecule has 1 fully saturated rings. The number of hydrogen-bond donors (Lipinski definition) is 1. The molecule has 1 saturated heterocycles. The van der Waals surface area contributed by atoms with Gasteiger partial charge < -0.3 is 14.6 Å². The van der Waals surface area contributed by atoms with Gasteiger partial charge in [-0.3, -0.25) is 0 Å². The monoisotopic (exact) mass is 208 g/mol. The quantitative estimate of drug-likeness (QED) is 0.770. The predicted molar refractivity (Wildman–Crippen MR) is 56.6 cm³/mol. The van der Waals surface area contributed by atoms with E-state index in [-0.39, 0.29) is 18.0 Å². The topological polar surface area (TPSA) is 38.7 Å². The van der Waals surface area contributed by atoms with E-state index in [2.05, 4.69) is 0 Å². The second kappa shape index (κ2) is 3.51. The molecule has 1 heterocycles. The first kappa shape index (κ1) is 10.5. The SMILES string of the molecule is CC1OC(C)(c2ccc(O)cc2)OC1C. The van der Waals surface area contributed by atoms with Crippen molar-refractivity contribution in [2.75, 3.05) is 0 Å². The number of phenols is 1. The average molecular weight is 208 g/mol. The Morgan fingerprint density at radius 1 is 1.07 bits per heavy atom. The third-order valence-corrected chi connectivity index (χ3v) is 2.87. The molecule has 3 heteroatoms. The van der Waals surface area contributed by atoms with Crippen LogP contribution in [0.5, 0.6) is 5.75 Å². The molecule has 0 saturated carbocycles. The zero-order valence-electron chi connectivity index (χ0n) is 9.23. The van der Waals surface area contributed by atoms with Crippen molar-refractivity contribution in [3.63, 3.8) is 0 Å². The molecule has 0 bridgehead atoms. The van der Waals surface area contributed by atoms with Crippen molar-refractivity contribution in [3.05, 3.63) is 29.8 Å². The molecular formula is C12H16O3. The Balaban J connectivity index is 2.27. The van der Waals surface area contributed by atoms with Gasteiger partial charge in [0.1, 0.15) is 5.75 Å². The molecular weight excluding hydrogens is 192 g/mol.